The van der Waals surface area contributed by atoms with Crippen molar-refractivity contribution in [3.8, 4) is 0 Å². The van der Waals surface area contributed by atoms with E-state index in [0.717, 1.165) is 0 Å². The molecule has 0 spiro atoms. The van der Waals surface area contributed by atoms with Crippen molar-refractivity contribution >= 4 is 11.9 Å². The molecule has 8 heteroatoms. The molecule has 0 aliphatic carbocycles. The zero-order valence-electron chi connectivity index (χ0n) is 8.94. The number of hydrogen-bond acceptors (Lipinski definition) is 4. The average Bonchev–Trinajstić information content (AvgIpc) is 2.11. The molecule has 0 aromatic carbocycles. The zero-order chi connectivity index (χ0) is 11.3. The maximum absolute atomic E-state index is 7.23. The van der Waals surface area contributed by atoms with Crippen molar-refractivity contribution in [1.29, 1.82) is 5.41 Å². The first-order chi connectivity index (χ1) is 6.40. The number of hydrogen-bond donors (Lipinski definition) is 4. The molecule has 6 N–H and O–H groups in total. The number of nitrogens with zero attached hydrogens (tertiary/aromatic N) is 4. The van der Waals surface area contributed by atoms with Gasteiger partial charge in [0, 0.05) is 28.2 Å². The average molecular weight is 202 g/mol. The highest BCUT2D eigenvalue weighted by Crippen LogP contribution is 1.91. The Morgan fingerprint density at radius 1 is 1.29 bits per heavy atom. The van der Waals surface area contributed by atoms with E-state index in [4.69, 9.17) is 16.9 Å². The van der Waals surface area contributed by atoms with Crippen LogP contribution in [0, 0.1) is 5.41 Å². The van der Waals surface area contributed by atoms with E-state index in [-0.39, 0.29) is 11.9 Å². The van der Waals surface area contributed by atoms with E-state index in [9.17, 15) is 0 Å². The molecule has 0 amide bonds. The van der Waals surface area contributed by atoms with Crippen LogP contribution in [0.4, 0.5) is 0 Å². The minimum atomic E-state index is -0.206. The van der Waals surface area contributed by atoms with Crippen molar-refractivity contribution in [3.63, 3.8) is 0 Å². The van der Waals surface area contributed by atoms with Crippen LogP contribution in [0.1, 0.15) is 0 Å². The van der Waals surface area contributed by atoms with Crippen LogP contribution < -0.4 is 16.9 Å². The van der Waals surface area contributed by atoms with Gasteiger partial charge in [-0.05, 0) is 0 Å². The van der Waals surface area contributed by atoms with Crippen molar-refractivity contribution in [2.24, 2.45) is 16.6 Å². The lowest BCUT2D eigenvalue weighted by Gasteiger charge is -2.25. The predicted octanol–water partition coefficient (Wildman–Crippen LogP) is -2.05. The molecule has 0 heterocycles. The fourth-order valence-corrected chi connectivity index (χ4v) is 0.637. The van der Waals surface area contributed by atoms with Gasteiger partial charge in [0.05, 0.1) is 0 Å². The van der Waals surface area contributed by atoms with Crippen molar-refractivity contribution < 1.29 is 0 Å². The van der Waals surface area contributed by atoms with Gasteiger partial charge in [0.25, 0.3) is 0 Å². The molecule has 0 aromatic heterocycles. The summed E-state index contributed by atoms with van der Waals surface area (Å²) in [4.78, 5) is 0. The lowest BCUT2D eigenvalue weighted by molar-refractivity contribution is 0.109. The molecule has 0 radical (unpaired) electrons. The molecule has 0 unspecified atom stereocenters. The van der Waals surface area contributed by atoms with Crippen LogP contribution in [0.15, 0.2) is 5.10 Å². The normalized spacial score (nSPS) is 11.6. The minimum Gasteiger partial charge on any atom is -0.367 e. The molecule has 0 aromatic rings. The van der Waals surface area contributed by atoms with Gasteiger partial charge in [-0.2, -0.15) is 5.12 Å². The smallest absolute Gasteiger partial charge is 0.230 e. The van der Waals surface area contributed by atoms with Gasteiger partial charge >= 0.3 is 0 Å². The highest BCUT2D eigenvalue weighted by Gasteiger charge is 2.09. The Bertz CT molecular complexity index is 222. The van der Waals surface area contributed by atoms with Crippen LogP contribution in [0.25, 0.3) is 0 Å². The Hall–Kier alpha value is -1.54. The van der Waals surface area contributed by atoms with Crippen LogP contribution in [-0.4, -0.2) is 55.2 Å². The van der Waals surface area contributed by atoms with E-state index in [2.05, 4.69) is 10.5 Å². The SMILES string of the molecule is CNN(C)C(N)=NN(C(=N)N)N(C)C. The number of guanidine groups is 2. The summed E-state index contributed by atoms with van der Waals surface area (Å²) in [7, 11) is 6.82. The molecule has 14 heavy (non-hydrogen) atoms. The summed E-state index contributed by atoms with van der Waals surface area (Å²) in [5, 5.41) is 15.4. The van der Waals surface area contributed by atoms with Crippen LogP contribution in [0.2, 0.25) is 0 Å². The summed E-state index contributed by atoms with van der Waals surface area (Å²) < 4.78 is 0. The molecular formula is C6H18N8. The summed E-state index contributed by atoms with van der Waals surface area (Å²) >= 11 is 0. The predicted molar refractivity (Wildman–Crippen MR) is 55.9 cm³/mol. The topological polar surface area (TPSA) is 110 Å². The molecule has 82 valence electrons. The van der Waals surface area contributed by atoms with Gasteiger partial charge in [0.1, 0.15) is 0 Å². The van der Waals surface area contributed by atoms with Gasteiger partial charge in [-0.15, -0.1) is 5.10 Å². The van der Waals surface area contributed by atoms with E-state index >= 15 is 0 Å². The second-order valence-electron chi connectivity index (χ2n) is 2.76. The molecule has 0 aliphatic heterocycles. The molecule has 0 saturated heterocycles. The highest BCUT2D eigenvalue weighted by molar-refractivity contribution is 5.80. The number of hydrazone groups is 1. The molecule has 0 saturated carbocycles. The maximum Gasteiger partial charge on any atom is 0.230 e. The molecular weight excluding hydrogens is 184 g/mol. The Balaban J connectivity index is 4.64. The lowest BCUT2D eigenvalue weighted by atomic mass is 10.9. The first kappa shape index (κ1) is 12.5. The Morgan fingerprint density at radius 2 is 1.79 bits per heavy atom. The second-order valence-corrected chi connectivity index (χ2v) is 2.76. The van der Waals surface area contributed by atoms with Gasteiger partial charge in [-0.3, -0.25) is 10.4 Å². The molecule has 0 rings (SSSR count). The van der Waals surface area contributed by atoms with Crippen molar-refractivity contribution in [3.05, 3.63) is 0 Å². The Kier molecular flexibility index (Phi) is 4.67. The molecule has 0 atom stereocenters. The monoisotopic (exact) mass is 202 g/mol. The van der Waals surface area contributed by atoms with Crippen LogP contribution >= 0.6 is 0 Å². The third-order valence-electron chi connectivity index (χ3n) is 1.47. The lowest BCUT2D eigenvalue weighted by Crippen LogP contribution is -2.48. The van der Waals surface area contributed by atoms with E-state index in [0.29, 0.717) is 0 Å². The Morgan fingerprint density at radius 3 is 2.07 bits per heavy atom. The van der Waals surface area contributed by atoms with E-state index in [1.165, 1.54) is 10.1 Å². The standard InChI is InChI=1S/C6H18N8/c1-10-13(4)6(9)11-14(5(7)8)12(2)3/h10H,1-4H3,(H3,7,8)(H2,9,11). The van der Waals surface area contributed by atoms with Crippen LogP contribution in [0.5, 0.6) is 0 Å². The fraction of sp³-hybridized carbons (Fsp3) is 0.667. The Labute approximate surface area is 83.6 Å². The fourth-order valence-electron chi connectivity index (χ4n) is 0.637. The molecule has 0 fully saturated rings. The van der Waals surface area contributed by atoms with Crippen molar-refractivity contribution in [1.82, 2.24) is 20.6 Å². The van der Waals surface area contributed by atoms with Gasteiger partial charge in [0.15, 0.2) is 0 Å². The van der Waals surface area contributed by atoms with E-state index in [1.807, 2.05) is 0 Å². The van der Waals surface area contributed by atoms with Gasteiger partial charge in [-0.1, -0.05) is 0 Å². The summed E-state index contributed by atoms with van der Waals surface area (Å²) in [6.07, 6.45) is 0. The van der Waals surface area contributed by atoms with Gasteiger partial charge in [0.2, 0.25) is 11.9 Å². The maximum atomic E-state index is 7.23. The first-order valence-corrected chi connectivity index (χ1v) is 3.96. The third-order valence-corrected chi connectivity index (χ3v) is 1.47. The second kappa shape index (κ2) is 5.25. The number of rotatable bonds is 3. The summed E-state index contributed by atoms with van der Waals surface area (Å²) in [6, 6.07) is 0. The number of nitrogens with two attached hydrogens (primary N) is 2. The van der Waals surface area contributed by atoms with Crippen molar-refractivity contribution in [2.75, 3.05) is 28.2 Å². The van der Waals surface area contributed by atoms with E-state index < -0.39 is 0 Å². The van der Waals surface area contributed by atoms with E-state index in [1.54, 1.807) is 33.2 Å². The number of hydrazine groups is 2. The highest BCUT2D eigenvalue weighted by atomic mass is 15.8. The number of nitrogens with one attached hydrogen (secondary N) is 2. The first-order valence-electron chi connectivity index (χ1n) is 3.96. The van der Waals surface area contributed by atoms with Crippen LogP contribution in [0.3, 0.4) is 0 Å². The summed E-state index contributed by atoms with van der Waals surface area (Å²) in [5.41, 5.74) is 13.7. The van der Waals surface area contributed by atoms with Gasteiger partial charge in [-0.25, -0.2) is 10.4 Å². The largest absolute Gasteiger partial charge is 0.367 e. The quantitative estimate of drug-likeness (QED) is 0.238. The zero-order valence-corrected chi connectivity index (χ0v) is 8.94. The molecule has 8 nitrogen and oxygen atoms in total. The summed E-state index contributed by atoms with van der Waals surface area (Å²) in [6.45, 7) is 0. The minimum absolute atomic E-state index is 0.205. The van der Waals surface area contributed by atoms with Gasteiger partial charge < -0.3 is 11.5 Å². The molecule has 0 bridgehead atoms. The van der Waals surface area contributed by atoms with Crippen molar-refractivity contribution in [2.45, 2.75) is 0 Å². The molecule has 0 aliphatic rings. The summed E-state index contributed by atoms with van der Waals surface area (Å²) in [5.74, 6) is -0.00106. The van der Waals surface area contributed by atoms with Crippen LogP contribution in [-0.2, 0) is 0 Å². The third kappa shape index (κ3) is 3.46.